The van der Waals surface area contributed by atoms with Crippen molar-refractivity contribution in [3.63, 3.8) is 0 Å². The Hall–Kier alpha value is -1.98. The van der Waals surface area contributed by atoms with Crippen molar-refractivity contribution >= 4 is 17.7 Å². The third kappa shape index (κ3) is 5.50. The molecule has 2 aromatic carbocycles. The van der Waals surface area contributed by atoms with Gasteiger partial charge in [0.2, 0.25) is 0 Å². The van der Waals surface area contributed by atoms with Gasteiger partial charge >= 0.3 is 5.97 Å². The molecule has 0 bridgehead atoms. The van der Waals surface area contributed by atoms with E-state index in [1.165, 1.54) is 4.90 Å². The van der Waals surface area contributed by atoms with E-state index in [2.05, 4.69) is 24.3 Å². The largest absolute Gasteiger partial charge is 0.494 e. The minimum absolute atomic E-state index is 0.169. The standard InChI is InChI=1S/C22H26O4S/c1-2-25-21(23)15-22(16-24-17-22)18-9-11-19(12-10-18)26-13-6-14-27-20-7-4-3-5-8-20/h3-5,7-12H,2,6,13-17H2,1H3. The number of hydrogen-bond donors (Lipinski definition) is 0. The molecule has 0 amide bonds. The molecule has 1 aliphatic heterocycles. The SMILES string of the molecule is CCOC(=O)CC1(c2ccc(OCCCSc3ccccc3)cc2)COC1. The fraction of sp³-hybridized carbons (Fsp3) is 0.409. The minimum atomic E-state index is -0.253. The second kappa shape index (κ2) is 9.81. The van der Waals surface area contributed by atoms with Crippen LogP contribution in [0.15, 0.2) is 59.5 Å². The van der Waals surface area contributed by atoms with Gasteiger partial charge < -0.3 is 14.2 Å². The third-order valence-corrected chi connectivity index (χ3v) is 5.68. The normalized spacial score (nSPS) is 15.0. The van der Waals surface area contributed by atoms with Crippen LogP contribution in [0.25, 0.3) is 0 Å². The monoisotopic (exact) mass is 386 g/mol. The topological polar surface area (TPSA) is 44.8 Å². The number of carbonyl (C=O) groups excluding carboxylic acids is 1. The zero-order valence-corrected chi connectivity index (χ0v) is 16.5. The first-order valence-corrected chi connectivity index (χ1v) is 10.3. The summed E-state index contributed by atoms with van der Waals surface area (Å²) < 4.78 is 16.3. The van der Waals surface area contributed by atoms with Gasteiger partial charge in [0.25, 0.3) is 0 Å². The summed E-state index contributed by atoms with van der Waals surface area (Å²) in [6.07, 6.45) is 1.35. The number of benzene rings is 2. The Morgan fingerprint density at radius 3 is 2.48 bits per heavy atom. The first kappa shape index (κ1) is 19.8. The summed E-state index contributed by atoms with van der Waals surface area (Å²) in [5.41, 5.74) is 0.852. The second-order valence-electron chi connectivity index (χ2n) is 6.64. The highest BCUT2D eigenvalue weighted by Gasteiger charge is 2.42. The quantitative estimate of drug-likeness (QED) is 0.342. The summed E-state index contributed by atoms with van der Waals surface area (Å²) >= 11 is 1.84. The summed E-state index contributed by atoms with van der Waals surface area (Å²) in [5, 5.41) is 0. The molecule has 0 saturated carbocycles. The molecule has 0 aromatic heterocycles. The smallest absolute Gasteiger partial charge is 0.306 e. The van der Waals surface area contributed by atoms with Gasteiger partial charge in [-0.1, -0.05) is 30.3 Å². The average molecular weight is 387 g/mol. The van der Waals surface area contributed by atoms with Crippen molar-refractivity contribution in [2.45, 2.75) is 30.1 Å². The molecule has 0 aliphatic carbocycles. The predicted molar refractivity (Wildman–Crippen MR) is 107 cm³/mol. The van der Waals surface area contributed by atoms with Crippen LogP contribution in [0.5, 0.6) is 5.75 Å². The predicted octanol–water partition coefficient (Wildman–Crippen LogP) is 4.47. The first-order valence-electron chi connectivity index (χ1n) is 9.36. The molecule has 0 radical (unpaired) electrons. The van der Waals surface area contributed by atoms with Crippen LogP contribution in [0.2, 0.25) is 0 Å². The van der Waals surface area contributed by atoms with E-state index >= 15 is 0 Å². The van der Waals surface area contributed by atoms with E-state index in [9.17, 15) is 4.79 Å². The van der Waals surface area contributed by atoms with E-state index in [-0.39, 0.29) is 11.4 Å². The summed E-state index contributed by atoms with van der Waals surface area (Å²) in [4.78, 5) is 13.2. The van der Waals surface area contributed by atoms with E-state index < -0.39 is 0 Å². The van der Waals surface area contributed by atoms with Gasteiger partial charge in [-0.3, -0.25) is 4.79 Å². The van der Waals surface area contributed by atoms with Gasteiger partial charge in [-0.15, -0.1) is 11.8 Å². The molecule has 3 rings (SSSR count). The molecule has 2 aromatic rings. The minimum Gasteiger partial charge on any atom is -0.494 e. The number of esters is 1. The zero-order chi connectivity index (χ0) is 19.0. The molecule has 1 fully saturated rings. The Kier molecular flexibility index (Phi) is 7.18. The van der Waals surface area contributed by atoms with E-state index in [4.69, 9.17) is 14.2 Å². The number of rotatable bonds is 10. The molecule has 27 heavy (non-hydrogen) atoms. The van der Waals surface area contributed by atoms with Gasteiger partial charge in [-0.05, 0) is 43.2 Å². The fourth-order valence-corrected chi connectivity index (χ4v) is 3.92. The highest BCUT2D eigenvalue weighted by Crippen LogP contribution is 2.36. The zero-order valence-electron chi connectivity index (χ0n) is 15.7. The van der Waals surface area contributed by atoms with Gasteiger partial charge in [0.15, 0.2) is 0 Å². The lowest BCUT2D eigenvalue weighted by atomic mass is 9.76. The van der Waals surface area contributed by atoms with Crippen molar-refractivity contribution in [1.82, 2.24) is 0 Å². The van der Waals surface area contributed by atoms with E-state index in [0.717, 1.165) is 23.5 Å². The number of hydrogen-bond acceptors (Lipinski definition) is 5. The lowest BCUT2D eigenvalue weighted by Gasteiger charge is -2.41. The fourth-order valence-electron chi connectivity index (χ4n) is 3.07. The van der Waals surface area contributed by atoms with Crippen LogP contribution in [0.3, 0.4) is 0 Å². The average Bonchev–Trinajstić information content (AvgIpc) is 2.66. The molecule has 1 aliphatic rings. The lowest BCUT2D eigenvalue weighted by molar-refractivity contribution is -0.151. The van der Waals surface area contributed by atoms with Crippen LogP contribution in [0, 0.1) is 0 Å². The van der Waals surface area contributed by atoms with Crippen LogP contribution in [-0.4, -0.2) is 38.1 Å². The van der Waals surface area contributed by atoms with Crippen LogP contribution < -0.4 is 4.74 Å². The van der Waals surface area contributed by atoms with Crippen molar-refractivity contribution in [1.29, 1.82) is 0 Å². The Morgan fingerprint density at radius 2 is 1.85 bits per heavy atom. The van der Waals surface area contributed by atoms with Crippen molar-refractivity contribution in [3.05, 3.63) is 60.2 Å². The third-order valence-electron chi connectivity index (χ3n) is 4.58. The summed E-state index contributed by atoms with van der Waals surface area (Å²) in [7, 11) is 0. The maximum Gasteiger partial charge on any atom is 0.306 e. The van der Waals surface area contributed by atoms with Gasteiger partial charge in [0.05, 0.1) is 38.3 Å². The maximum absolute atomic E-state index is 11.9. The Labute approximate surface area is 165 Å². The Bertz CT molecular complexity index is 711. The van der Waals surface area contributed by atoms with E-state index in [1.807, 2.05) is 49.0 Å². The van der Waals surface area contributed by atoms with Crippen LogP contribution in [-0.2, 0) is 19.7 Å². The summed E-state index contributed by atoms with van der Waals surface area (Å²) in [6, 6.07) is 18.4. The molecular formula is C22H26O4S. The molecule has 0 N–H and O–H groups in total. The van der Waals surface area contributed by atoms with Crippen molar-refractivity contribution in [3.8, 4) is 5.75 Å². The van der Waals surface area contributed by atoms with Crippen LogP contribution in [0.4, 0.5) is 0 Å². The second-order valence-corrected chi connectivity index (χ2v) is 7.81. The lowest BCUT2D eigenvalue weighted by Crippen LogP contribution is -2.48. The van der Waals surface area contributed by atoms with Crippen LogP contribution >= 0.6 is 11.8 Å². The van der Waals surface area contributed by atoms with E-state index in [0.29, 0.717) is 32.8 Å². The van der Waals surface area contributed by atoms with Crippen LogP contribution in [0.1, 0.15) is 25.3 Å². The highest BCUT2D eigenvalue weighted by atomic mass is 32.2. The van der Waals surface area contributed by atoms with Gasteiger partial charge in [-0.25, -0.2) is 0 Å². The molecule has 4 nitrogen and oxygen atoms in total. The molecule has 0 atom stereocenters. The molecule has 0 unspecified atom stereocenters. The van der Waals surface area contributed by atoms with Gasteiger partial charge in [0, 0.05) is 10.6 Å². The molecule has 1 heterocycles. The van der Waals surface area contributed by atoms with E-state index in [1.54, 1.807) is 0 Å². The summed E-state index contributed by atoms with van der Waals surface area (Å²) in [6.45, 7) is 4.04. The van der Waals surface area contributed by atoms with Crippen molar-refractivity contribution < 1.29 is 19.0 Å². The molecule has 0 spiro atoms. The molecule has 144 valence electrons. The number of carbonyl (C=O) groups is 1. The first-order chi connectivity index (χ1) is 13.2. The summed E-state index contributed by atoms with van der Waals surface area (Å²) in [5.74, 6) is 1.72. The van der Waals surface area contributed by atoms with Crippen molar-refractivity contribution in [2.75, 3.05) is 32.2 Å². The number of ether oxygens (including phenoxy) is 3. The Morgan fingerprint density at radius 1 is 1.11 bits per heavy atom. The molecular weight excluding hydrogens is 360 g/mol. The Balaban J connectivity index is 1.45. The van der Waals surface area contributed by atoms with Gasteiger partial charge in [-0.2, -0.15) is 0 Å². The molecule has 1 saturated heterocycles. The maximum atomic E-state index is 11.9. The molecule has 5 heteroatoms. The number of thioether (sulfide) groups is 1. The van der Waals surface area contributed by atoms with Crippen molar-refractivity contribution in [2.24, 2.45) is 0 Å². The highest BCUT2D eigenvalue weighted by molar-refractivity contribution is 7.99. The van der Waals surface area contributed by atoms with Gasteiger partial charge in [0.1, 0.15) is 5.75 Å².